The third-order valence-corrected chi connectivity index (χ3v) is 2.98. The third kappa shape index (κ3) is 3.94. The summed E-state index contributed by atoms with van der Waals surface area (Å²) in [6, 6.07) is 0. The number of imidazole rings is 1. The van der Waals surface area contributed by atoms with Crippen LogP contribution in [-0.2, 0) is 11.3 Å². The molecule has 1 fully saturated rings. The summed E-state index contributed by atoms with van der Waals surface area (Å²) >= 11 is 0. The molecular weight excluding hydrogens is 202 g/mol. The number of hydrogen-bond donors (Lipinski definition) is 1. The summed E-state index contributed by atoms with van der Waals surface area (Å²) in [4.78, 5) is 4.02. The zero-order valence-corrected chi connectivity index (χ0v) is 9.77. The summed E-state index contributed by atoms with van der Waals surface area (Å²) in [6.07, 6.45) is 11.1. The van der Waals surface area contributed by atoms with Gasteiger partial charge in [0.05, 0.1) is 12.4 Å². The van der Waals surface area contributed by atoms with E-state index in [1.54, 1.807) is 0 Å². The molecule has 2 heterocycles. The van der Waals surface area contributed by atoms with Crippen LogP contribution in [0.4, 0.5) is 0 Å². The maximum absolute atomic E-state index is 5.54. The Morgan fingerprint density at radius 2 is 2.44 bits per heavy atom. The number of hydrogen-bond acceptors (Lipinski definition) is 3. The van der Waals surface area contributed by atoms with Gasteiger partial charge in [0.15, 0.2) is 0 Å². The van der Waals surface area contributed by atoms with Crippen LogP contribution in [-0.4, -0.2) is 35.4 Å². The van der Waals surface area contributed by atoms with Crippen molar-refractivity contribution < 1.29 is 4.74 Å². The fourth-order valence-electron chi connectivity index (χ4n) is 2.03. The summed E-state index contributed by atoms with van der Waals surface area (Å²) < 4.78 is 7.67. The Morgan fingerprint density at radius 1 is 1.44 bits per heavy atom. The van der Waals surface area contributed by atoms with Crippen LogP contribution in [0.25, 0.3) is 0 Å². The highest BCUT2D eigenvalue weighted by molar-refractivity contribution is 4.73. The number of aromatic nitrogens is 2. The van der Waals surface area contributed by atoms with Gasteiger partial charge in [0.2, 0.25) is 0 Å². The molecule has 0 spiro atoms. The first kappa shape index (κ1) is 11.6. The molecule has 1 unspecified atom stereocenters. The maximum atomic E-state index is 5.54. The van der Waals surface area contributed by atoms with Crippen molar-refractivity contribution in [1.82, 2.24) is 14.9 Å². The van der Waals surface area contributed by atoms with Crippen LogP contribution in [0.1, 0.15) is 25.7 Å². The Labute approximate surface area is 97.0 Å². The van der Waals surface area contributed by atoms with Crippen LogP contribution >= 0.6 is 0 Å². The summed E-state index contributed by atoms with van der Waals surface area (Å²) in [5.74, 6) is 0. The highest BCUT2D eigenvalue weighted by Crippen LogP contribution is 2.10. The van der Waals surface area contributed by atoms with Crippen molar-refractivity contribution in [2.45, 2.75) is 38.3 Å². The van der Waals surface area contributed by atoms with Crippen LogP contribution in [0.3, 0.4) is 0 Å². The Balaban J connectivity index is 1.43. The number of rotatable bonds is 7. The lowest BCUT2D eigenvalue weighted by molar-refractivity contribution is 0.110. The van der Waals surface area contributed by atoms with E-state index in [1.165, 1.54) is 25.7 Å². The number of ether oxygens (including phenoxy) is 1. The summed E-state index contributed by atoms with van der Waals surface area (Å²) in [5, 5.41) is 3.46. The van der Waals surface area contributed by atoms with Gasteiger partial charge in [0, 0.05) is 32.1 Å². The lowest BCUT2D eigenvalue weighted by Crippen LogP contribution is -2.27. The van der Waals surface area contributed by atoms with Crippen molar-refractivity contribution >= 4 is 0 Å². The molecular formula is C12H21N3O. The number of nitrogens with one attached hydrogen (secondary N) is 1. The normalized spacial score (nSPS) is 20.4. The number of nitrogens with zero attached hydrogens (tertiary/aromatic N) is 2. The first-order valence-electron chi connectivity index (χ1n) is 6.23. The van der Waals surface area contributed by atoms with Gasteiger partial charge < -0.3 is 14.6 Å². The van der Waals surface area contributed by atoms with Gasteiger partial charge in [-0.15, -0.1) is 0 Å². The van der Waals surface area contributed by atoms with Gasteiger partial charge in [-0.05, 0) is 32.2 Å². The molecule has 1 N–H and O–H groups in total. The highest BCUT2D eigenvalue weighted by atomic mass is 16.5. The summed E-state index contributed by atoms with van der Waals surface area (Å²) in [6.45, 7) is 4.13. The van der Waals surface area contributed by atoms with E-state index in [9.17, 15) is 0 Å². The van der Waals surface area contributed by atoms with E-state index in [1.807, 2.05) is 18.7 Å². The molecule has 0 aliphatic carbocycles. The van der Waals surface area contributed by atoms with E-state index in [4.69, 9.17) is 4.74 Å². The van der Waals surface area contributed by atoms with Crippen LogP contribution < -0.4 is 5.32 Å². The fraction of sp³-hybridized carbons (Fsp3) is 0.750. The fourth-order valence-corrected chi connectivity index (χ4v) is 2.03. The van der Waals surface area contributed by atoms with E-state index in [-0.39, 0.29) is 0 Å². The van der Waals surface area contributed by atoms with E-state index in [0.29, 0.717) is 6.10 Å². The minimum Gasteiger partial charge on any atom is -0.377 e. The number of aryl methyl sites for hydroxylation is 1. The molecule has 1 saturated heterocycles. The first-order chi connectivity index (χ1) is 7.95. The highest BCUT2D eigenvalue weighted by Gasteiger charge is 2.13. The van der Waals surface area contributed by atoms with Gasteiger partial charge in [0.1, 0.15) is 0 Å². The van der Waals surface area contributed by atoms with Crippen LogP contribution in [0, 0.1) is 0 Å². The predicted molar refractivity (Wildman–Crippen MR) is 63.3 cm³/mol. The van der Waals surface area contributed by atoms with Crippen LogP contribution in [0.5, 0.6) is 0 Å². The molecule has 0 aromatic carbocycles. The van der Waals surface area contributed by atoms with E-state index < -0.39 is 0 Å². The van der Waals surface area contributed by atoms with Crippen molar-refractivity contribution in [3.8, 4) is 0 Å². The Bertz CT molecular complexity index is 268. The van der Waals surface area contributed by atoms with E-state index >= 15 is 0 Å². The standard InChI is InChI=1S/C12H21N3O/c1(2-7-15-8-6-14-11-15)5-13-10-12-4-3-9-16-12/h6,8,11-13H,1-5,7,9-10H2. The molecule has 0 amide bonds. The molecule has 1 aromatic rings. The molecule has 1 atom stereocenters. The lowest BCUT2D eigenvalue weighted by Gasteiger charge is -2.10. The second kappa shape index (κ2) is 6.66. The minimum atomic E-state index is 0.466. The summed E-state index contributed by atoms with van der Waals surface area (Å²) in [7, 11) is 0. The molecule has 0 saturated carbocycles. The van der Waals surface area contributed by atoms with E-state index in [2.05, 4.69) is 14.9 Å². The monoisotopic (exact) mass is 223 g/mol. The smallest absolute Gasteiger partial charge is 0.0945 e. The van der Waals surface area contributed by atoms with Crippen molar-refractivity contribution in [2.75, 3.05) is 19.7 Å². The molecule has 4 nitrogen and oxygen atoms in total. The quantitative estimate of drug-likeness (QED) is 0.711. The Kier molecular flexibility index (Phi) is 4.83. The molecule has 1 aliphatic rings. The second-order valence-electron chi connectivity index (χ2n) is 4.35. The molecule has 0 bridgehead atoms. The molecule has 90 valence electrons. The molecule has 0 radical (unpaired) electrons. The average Bonchev–Trinajstić information content (AvgIpc) is 2.96. The Hall–Kier alpha value is -0.870. The van der Waals surface area contributed by atoms with Gasteiger partial charge in [-0.25, -0.2) is 4.98 Å². The maximum Gasteiger partial charge on any atom is 0.0945 e. The molecule has 16 heavy (non-hydrogen) atoms. The Morgan fingerprint density at radius 3 is 3.19 bits per heavy atom. The molecule has 4 heteroatoms. The summed E-state index contributed by atoms with van der Waals surface area (Å²) in [5.41, 5.74) is 0. The third-order valence-electron chi connectivity index (χ3n) is 2.98. The van der Waals surface area contributed by atoms with Crippen LogP contribution in [0.15, 0.2) is 18.7 Å². The average molecular weight is 223 g/mol. The molecule has 2 rings (SSSR count). The second-order valence-corrected chi connectivity index (χ2v) is 4.35. The van der Waals surface area contributed by atoms with Gasteiger partial charge >= 0.3 is 0 Å². The van der Waals surface area contributed by atoms with Gasteiger partial charge in [0.25, 0.3) is 0 Å². The number of unbranched alkanes of at least 4 members (excludes halogenated alkanes) is 1. The first-order valence-corrected chi connectivity index (χ1v) is 6.23. The van der Waals surface area contributed by atoms with Crippen molar-refractivity contribution in [3.05, 3.63) is 18.7 Å². The van der Waals surface area contributed by atoms with Gasteiger partial charge in [-0.2, -0.15) is 0 Å². The van der Waals surface area contributed by atoms with Crippen molar-refractivity contribution in [1.29, 1.82) is 0 Å². The molecule has 1 aromatic heterocycles. The van der Waals surface area contributed by atoms with Crippen LogP contribution in [0.2, 0.25) is 0 Å². The van der Waals surface area contributed by atoms with Gasteiger partial charge in [-0.1, -0.05) is 0 Å². The van der Waals surface area contributed by atoms with Crippen molar-refractivity contribution in [3.63, 3.8) is 0 Å². The molecule has 1 aliphatic heterocycles. The largest absolute Gasteiger partial charge is 0.377 e. The van der Waals surface area contributed by atoms with Gasteiger partial charge in [-0.3, -0.25) is 0 Å². The van der Waals surface area contributed by atoms with Crippen molar-refractivity contribution in [2.24, 2.45) is 0 Å². The lowest BCUT2D eigenvalue weighted by atomic mass is 10.2. The van der Waals surface area contributed by atoms with E-state index in [0.717, 1.165) is 26.2 Å². The zero-order valence-electron chi connectivity index (χ0n) is 9.77. The zero-order chi connectivity index (χ0) is 11.1. The topological polar surface area (TPSA) is 39.1 Å². The predicted octanol–water partition coefficient (Wildman–Crippen LogP) is 1.43. The minimum absolute atomic E-state index is 0.466. The SMILES string of the molecule is c1cn(CCCCNCC2CCCO2)cn1.